The highest BCUT2D eigenvalue weighted by Gasteiger charge is 2.29. The van der Waals surface area contributed by atoms with E-state index in [1.54, 1.807) is 0 Å². The molecule has 0 spiro atoms. The van der Waals surface area contributed by atoms with Gasteiger partial charge in [-0.2, -0.15) is 12.7 Å². The van der Waals surface area contributed by atoms with E-state index in [1.165, 1.54) is 37.9 Å². The van der Waals surface area contributed by atoms with E-state index in [1.807, 2.05) is 24.3 Å². The molecule has 0 aliphatic rings. The first-order chi connectivity index (χ1) is 13.8. The summed E-state index contributed by atoms with van der Waals surface area (Å²) in [5.41, 5.74) is 1.00. The largest absolute Gasteiger partial charge is 0.492 e. The Bertz CT molecular complexity index is 918. The zero-order valence-corrected chi connectivity index (χ0v) is 17.6. The van der Waals surface area contributed by atoms with Gasteiger partial charge in [-0.25, -0.2) is 8.70 Å². The molecule has 1 amide bonds. The number of hydrogen-bond donors (Lipinski definition) is 1. The number of carbonyl (C=O) groups excluding carboxylic acids is 1. The van der Waals surface area contributed by atoms with Crippen LogP contribution in [0.25, 0.3) is 0 Å². The number of rotatable bonds is 10. The molecule has 2 rings (SSSR count). The van der Waals surface area contributed by atoms with E-state index >= 15 is 0 Å². The lowest BCUT2D eigenvalue weighted by Crippen LogP contribution is -2.46. The molecule has 29 heavy (non-hydrogen) atoms. The first kappa shape index (κ1) is 22.6. The number of nitrogens with zero attached hydrogens (tertiary/aromatic N) is 2. The maximum atomic E-state index is 14.2. The fraction of sp³-hybridized carbons (Fsp3) is 0.350. The molecule has 1 N–H and O–H groups in total. The van der Waals surface area contributed by atoms with E-state index in [-0.39, 0.29) is 18.8 Å². The van der Waals surface area contributed by atoms with Crippen LogP contribution in [0.3, 0.4) is 0 Å². The van der Waals surface area contributed by atoms with Crippen molar-refractivity contribution in [3.63, 3.8) is 0 Å². The minimum Gasteiger partial charge on any atom is -0.492 e. The number of aryl methyl sites for hydroxylation is 1. The summed E-state index contributed by atoms with van der Waals surface area (Å²) in [5, 5.41) is 2.60. The van der Waals surface area contributed by atoms with E-state index < -0.39 is 28.5 Å². The highest BCUT2D eigenvalue weighted by Crippen LogP contribution is 2.22. The molecule has 0 saturated carbocycles. The van der Waals surface area contributed by atoms with Crippen LogP contribution < -0.4 is 14.4 Å². The van der Waals surface area contributed by atoms with Crippen molar-refractivity contribution in [1.29, 1.82) is 0 Å². The van der Waals surface area contributed by atoms with Gasteiger partial charge in [0.1, 0.15) is 24.7 Å². The summed E-state index contributed by atoms with van der Waals surface area (Å²) in [6.07, 6.45) is 0.935. The summed E-state index contributed by atoms with van der Waals surface area (Å²) < 4.78 is 46.5. The summed E-state index contributed by atoms with van der Waals surface area (Å²) in [7, 11) is -1.42. The lowest BCUT2D eigenvalue weighted by Gasteiger charge is -2.27. The number of halogens is 1. The molecule has 158 valence electrons. The molecule has 0 unspecified atom stereocenters. The molecule has 0 aromatic heterocycles. The van der Waals surface area contributed by atoms with Crippen LogP contribution in [0.2, 0.25) is 0 Å². The van der Waals surface area contributed by atoms with Gasteiger partial charge in [-0.05, 0) is 36.2 Å². The van der Waals surface area contributed by atoms with Crippen molar-refractivity contribution >= 4 is 21.8 Å². The van der Waals surface area contributed by atoms with E-state index in [9.17, 15) is 17.6 Å². The van der Waals surface area contributed by atoms with E-state index in [2.05, 4.69) is 12.2 Å². The Labute approximate surface area is 171 Å². The SMILES string of the molecule is CCc1ccc(OCCNC(=O)CN(c2ccccc2F)S(=O)(=O)N(C)C)cc1. The van der Waals surface area contributed by atoms with Crippen molar-refractivity contribution < 1.29 is 22.3 Å². The predicted octanol–water partition coefficient (Wildman–Crippen LogP) is 2.20. The van der Waals surface area contributed by atoms with Crippen molar-refractivity contribution in [2.75, 3.05) is 38.1 Å². The highest BCUT2D eigenvalue weighted by molar-refractivity contribution is 7.90. The third-order valence-corrected chi connectivity index (χ3v) is 5.98. The maximum Gasteiger partial charge on any atom is 0.304 e. The third-order valence-electron chi connectivity index (χ3n) is 4.17. The monoisotopic (exact) mass is 423 g/mol. The Hall–Kier alpha value is -2.65. The van der Waals surface area contributed by atoms with Crippen LogP contribution in [0, 0.1) is 5.82 Å². The van der Waals surface area contributed by atoms with Crippen LogP contribution in [0.1, 0.15) is 12.5 Å². The van der Waals surface area contributed by atoms with E-state index in [0.717, 1.165) is 21.1 Å². The minimum atomic E-state index is -4.06. The van der Waals surface area contributed by atoms with Crippen molar-refractivity contribution in [2.45, 2.75) is 13.3 Å². The van der Waals surface area contributed by atoms with Crippen LogP contribution in [0.4, 0.5) is 10.1 Å². The van der Waals surface area contributed by atoms with Gasteiger partial charge < -0.3 is 10.1 Å². The molecular weight excluding hydrogens is 397 g/mol. The number of hydrogen-bond acceptors (Lipinski definition) is 4. The lowest BCUT2D eigenvalue weighted by atomic mass is 10.2. The molecule has 0 aliphatic carbocycles. The lowest BCUT2D eigenvalue weighted by molar-refractivity contribution is -0.119. The Morgan fingerprint density at radius 1 is 1.10 bits per heavy atom. The molecule has 0 fully saturated rings. The molecule has 0 atom stereocenters. The topological polar surface area (TPSA) is 79.0 Å². The van der Waals surface area contributed by atoms with Crippen LogP contribution in [-0.2, 0) is 21.4 Å². The van der Waals surface area contributed by atoms with Gasteiger partial charge in [0.2, 0.25) is 5.91 Å². The summed E-state index contributed by atoms with van der Waals surface area (Å²) in [4.78, 5) is 12.3. The Morgan fingerprint density at radius 3 is 2.34 bits per heavy atom. The van der Waals surface area contributed by atoms with Gasteiger partial charge in [0.05, 0.1) is 12.2 Å². The van der Waals surface area contributed by atoms with Crippen molar-refractivity contribution in [3.05, 3.63) is 59.9 Å². The summed E-state index contributed by atoms with van der Waals surface area (Å²) >= 11 is 0. The van der Waals surface area contributed by atoms with Gasteiger partial charge >= 0.3 is 10.2 Å². The Kier molecular flexibility index (Phi) is 7.98. The van der Waals surface area contributed by atoms with Crippen LogP contribution >= 0.6 is 0 Å². The van der Waals surface area contributed by atoms with Crippen LogP contribution in [-0.4, -0.2) is 52.4 Å². The maximum absolute atomic E-state index is 14.2. The second kappa shape index (κ2) is 10.2. The van der Waals surface area contributed by atoms with Crippen LogP contribution in [0.15, 0.2) is 48.5 Å². The molecule has 0 saturated heterocycles. The summed E-state index contributed by atoms with van der Waals surface area (Å²) in [6, 6.07) is 13.0. The Balaban J connectivity index is 1.96. The van der Waals surface area contributed by atoms with E-state index in [0.29, 0.717) is 5.75 Å². The number of amides is 1. The molecule has 0 heterocycles. The smallest absolute Gasteiger partial charge is 0.304 e. The number of benzene rings is 2. The first-order valence-electron chi connectivity index (χ1n) is 9.19. The zero-order valence-electron chi connectivity index (χ0n) is 16.8. The first-order valence-corrected chi connectivity index (χ1v) is 10.6. The second-order valence-electron chi connectivity index (χ2n) is 6.44. The molecule has 2 aromatic carbocycles. The van der Waals surface area contributed by atoms with Gasteiger partial charge in [0, 0.05) is 14.1 Å². The molecular formula is C20H26FN3O4S. The Morgan fingerprint density at radius 2 is 1.76 bits per heavy atom. The predicted molar refractivity (Wildman–Crippen MR) is 111 cm³/mol. The van der Waals surface area contributed by atoms with Crippen LogP contribution in [0.5, 0.6) is 5.75 Å². The third kappa shape index (κ3) is 6.16. The zero-order chi connectivity index (χ0) is 21.4. The average Bonchev–Trinajstić information content (AvgIpc) is 2.70. The van der Waals surface area contributed by atoms with E-state index in [4.69, 9.17) is 4.74 Å². The van der Waals surface area contributed by atoms with Gasteiger partial charge in [-0.3, -0.25) is 4.79 Å². The number of para-hydroxylation sites is 1. The fourth-order valence-corrected chi connectivity index (χ4v) is 3.58. The molecule has 7 nitrogen and oxygen atoms in total. The summed E-state index contributed by atoms with van der Waals surface area (Å²) in [6.45, 7) is 1.91. The molecule has 9 heteroatoms. The molecule has 0 aliphatic heterocycles. The van der Waals surface area contributed by atoms with Crippen molar-refractivity contribution in [3.8, 4) is 5.75 Å². The normalized spacial score (nSPS) is 11.3. The molecule has 2 aromatic rings. The highest BCUT2D eigenvalue weighted by atomic mass is 32.2. The standard InChI is InChI=1S/C20H26FN3O4S/c1-4-16-9-11-17(12-10-16)28-14-13-22-20(25)15-24(29(26,27)23(2)3)19-8-6-5-7-18(19)21/h5-12H,4,13-15H2,1-3H3,(H,22,25). The number of ether oxygens (including phenoxy) is 1. The van der Waals surface area contributed by atoms with Gasteiger partial charge in [-0.1, -0.05) is 31.2 Å². The van der Waals surface area contributed by atoms with Gasteiger partial charge in [-0.15, -0.1) is 0 Å². The van der Waals surface area contributed by atoms with Crippen molar-refractivity contribution in [2.24, 2.45) is 0 Å². The number of carbonyl (C=O) groups is 1. The second-order valence-corrected chi connectivity index (χ2v) is 8.51. The average molecular weight is 424 g/mol. The van der Waals surface area contributed by atoms with Gasteiger partial charge in [0.25, 0.3) is 0 Å². The fourth-order valence-electron chi connectivity index (χ4n) is 2.51. The minimum absolute atomic E-state index is 0.182. The summed E-state index contributed by atoms with van der Waals surface area (Å²) in [5.74, 6) is -0.618. The van der Waals surface area contributed by atoms with Crippen molar-refractivity contribution in [1.82, 2.24) is 9.62 Å². The molecule has 0 bridgehead atoms. The quantitative estimate of drug-likeness (QED) is 0.594. The number of nitrogens with one attached hydrogen (secondary N) is 1. The molecule has 0 radical (unpaired) electrons. The van der Waals surface area contributed by atoms with Gasteiger partial charge in [0.15, 0.2) is 0 Å². The number of anilines is 1.